The van der Waals surface area contributed by atoms with Crippen LogP contribution in [0, 0.1) is 0 Å². The van der Waals surface area contributed by atoms with Crippen LogP contribution < -0.4 is 0 Å². The molecule has 386 valence electrons. The van der Waals surface area contributed by atoms with Gasteiger partial charge in [-0.2, -0.15) is 0 Å². The number of hydrogen-bond donors (Lipinski definition) is 0. The molecule has 0 heterocycles. The molecule has 0 fully saturated rings. The van der Waals surface area contributed by atoms with Crippen LogP contribution in [0.4, 0.5) is 0 Å². The molecule has 3 aliphatic rings. The third kappa shape index (κ3) is 6.77. The maximum Gasteiger partial charge on any atom is 0.0159 e. The van der Waals surface area contributed by atoms with Crippen molar-refractivity contribution in [1.82, 2.24) is 0 Å². The average molecular weight is 1040 g/mol. The molecule has 13 aromatic carbocycles. The summed E-state index contributed by atoms with van der Waals surface area (Å²) in [5.74, 6) is 0. The van der Waals surface area contributed by atoms with Gasteiger partial charge in [0.1, 0.15) is 0 Å². The van der Waals surface area contributed by atoms with Crippen LogP contribution in [0.3, 0.4) is 0 Å². The number of fused-ring (bicyclic) bond motifs is 13. The fourth-order valence-corrected chi connectivity index (χ4v) is 15.4. The van der Waals surface area contributed by atoms with Crippen molar-refractivity contribution in [3.05, 3.63) is 276 Å². The molecule has 0 bridgehead atoms. The molecule has 0 nitrogen and oxygen atoms in total. The van der Waals surface area contributed by atoms with Crippen molar-refractivity contribution >= 4 is 43.1 Å². The second-order valence-electron chi connectivity index (χ2n) is 25.0. The van der Waals surface area contributed by atoms with Crippen molar-refractivity contribution in [2.24, 2.45) is 0 Å². The van der Waals surface area contributed by atoms with Gasteiger partial charge < -0.3 is 0 Å². The Morgan fingerprint density at radius 2 is 0.457 bits per heavy atom. The van der Waals surface area contributed by atoms with E-state index < -0.39 is 0 Å². The Morgan fingerprint density at radius 1 is 0.222 bits per heavy atom. The summed E-state index contributed by atoms with van der Waals surface area (Å²) in [6, 6.07) is 90.8. The molecule has 0 unspecified atom stereocenters. The summed E-state index contributed by atoms with van der Waals surface area (Å²) in [6.45, 7) is 16.7. The van der Waals surface area contributed by atoms with Crippen molar-refractivity contribution in [3.63, 3.8) is 0 Å². The summed E-state index contributed by atoms with van der Waals surface area (Å²) in [6.07, 6.45) is 1.03. The van der Waals surface area contributed by atoms with Crippen LogP contribution in [0.25, 0.3) is 132 Å². The molecule has 0 amide bonds. The molecule has 0 heteroatoms. The first-order chi connectivity index (χ1) is 39.4. The molecule has 81 heavy (non-hydrogen) atoms. The topological polar surface area (TPSA) is 0 Å². The van der Waals surface area contributed by atoms with E-state index in [1.165, 1.54) is 171 Å². The van der Waals surface area contributed by atoms with Crippen LogP contribution in [-0.2, 0) is 22.7 Å². The molecule has 0 spiro atoms. The lowest BCUT2D eigenvalue weighted by Crippen LogP contribution is -2.15. The minimum absolute atomic E-state index is 0.0799. The molecule has 0 saturated heterocycles. The Morgan fingerprint density at radius 3 is 0.778 bits per heavy atom. The van der Waals surface area contributed by atoms with E-state index in [0.29, 0.717) is 0 Å². The first-order valence-corrected chi connectivity index (χ1v) is 29.2. The first-order valence-electron chi connectivity index (χ1n) is 29.2. The first kappa shape index (κ1) is 47.9. The highest BCUT2D eigenvalue weighted by molar-refractivity contribution is 6.23. The van der Waals surface area contributed by atoms with Crippen molar-refractivity contribution in [2.75, 3.05) is 0 Å². The SMILES string of the molecule is CCc1ccc(-c2c3ccccc3c(-c3ccc4c(c3)C(C)(C)c3cc(-c5ccc6c(c5)C(C)(C)c5cc(-c7c8ccccc8c(-c8ccc9c(c8)C(C)(C)c8ccccc8-9)c8ccccc78)ccc5-6)ccc3-4)c3ccccc23)cc1. The number of benzene rings is 13. The van der Waals surface area contributed by atoms with Crippen molar-refractivity contribution < 1.29 is 0 Å². The van der Waals surface area contributed by atoms with Crippen LogP contribution in [0.2, 0.25) is 0 Å². The minimum atomic E-state index is -0.216. The standard InChI is InChI=1S/C81H62/c1-8-48-29-31-49(32-30-48)75-61-20-9-11-22-63(61)76(64-23-12-10-21-62(64)75)53-36-41-59-57-38-33-50(43-70(57)80(4,5)73(59)46-53)51-34-39-58-60-42-37-54(47-74(60)81(6,7)71(58)44-51)78-67-26-15-13-24-65(67)77(66-25-14-16-27-68(66)78)52-35-40-56-55-19-17-18-28-69(55)79(2,3)72(56)45-52/h9-47H,8H2,1-7H3. The second-order valence-corrected chi connectivity index (χ2v) is 25.0. The summed E-state index contributed by atoms with van der Waals surface area (Å²) in [5, 5.41) is 10.3. The lowest BCUT2D eigenvalue weighted by Gasteiger charge is -2.24. The van der Waals surface area contributed by atoms with E-state index >= 15 is 0 Å². The Labute approximate surface area is 476 Å². The predicted octanol–water partition coefficient (Wildman–Crippen LogP) is 22.1. The van der Waals surface area contributed by atoms with E-state index in [4.69, 9.17) is 0 Å². The highest BCUT2D eigenvalue weighted by Crippen LogP contribution is 2.56. The Bertz CT molecular complexity index is 4750. The lowest BCUT2D eigenvalue weighted by atomic mass is 9.79. The highest BCUT2D eigenvalue weighted by Gasteiger charge is 2.39. The zero-order chi connectivity index (χ0) is 54.7. The van der Waals surface area contributed by atoms with Gasteiger partial charge in [-0.05, 0) is 208 Å². The second kappa shape index (κ2) is 17.2. The number of rotatable bonds is 6. The summed E-state index contributed by atoms with van der Waals surface area (Å²) in [7, 11) is 0. The van der Waals surface area contributed by atoms with Gasteiger partial charge in [0, 0.05) is 16.2 Å². The smallest absolute Gasteiger partial charge is 0.0159 e. The van der Waals surface area contributed by atoms with Crippen LogP contribution in [-0.4, -0.2) is 0 Å². The Kier molecular flexibility index (Phi) is 10.2. The summed E-state index contributed by atoms with van der Waals surface area (Å²) in [4.78, 5) is 0. The van der Waals surface area contributed by atoms with Gasteiger partial charge in [-0.15, -0.1) is 0 Å². The molecule has 0 saturated carbocycles. The van der Waals surface area contributed by atoms with Gasteiger partial charge in [0.15, 0.2) is 0 Å². The molecule has 13 aromatic rings. The lowest BCUT2D eigenvalue weighted by molar-refractivity contribution is 0.660. The molecule has 0 aromatic heterocycles. The van der Waals surface area contributed by atoms with Crippen molar-refractivity contribution in [1.29, 1.82) is 0 Å². The average Bonchev–Trinajstić information content (AvgIpc) is 4.18. The number of hydrogen-bond acceptors (Lipinski definition) is 0. The largest absolute Gasteiger partial charge is 0.0619 e. The maximum atomic E-state index is 2.52. The van der Waals surface area contributed by atoms with Gasteiger partial charge in [-0.25, -0.2) is 0 Å². The van der Waals surface area contributed by atoms with E-state index in [9.17, 15) is 0 Å². The van der Waals surface area contributed by atoms with Crippen LogP contribution >= 0.6 is 0 Å². The zero-order valence-corrected chi connectivity index (χ0v) is 47.2. The minimum Gasteiger partial charge on any atom is -0.0619 e. The number of aryl methyl sites for hydroxylation is 1. The van der Waals surface area contributed by atoms with Crippen molar-refractivity contribution in [2.45, 2.75) is 71.1 Å². The predicted molar refractivity (Wildman–Crippen MR) is 346 cm³/mol. The van der Waals surface area contributed by atoms with E-state index in [2.05, 4.69) is 285 Å². The molecule has 16 rings (SSSR count). The zero-order valence-electron chi connectivity index (χ0n) is 47.2. The summed E-state index contributed by atoms with van der Waals surface area (Å²) >= 11 is 0. The van der Waals surface area contributed by atoms with Gasteiger partial charge in [-0.3, -0.25) is 0 Å². The van der Waals surface area contributed by atoms with E-state index in [1.54, 1.807) is 0 Å². The van der Waals surface area contributed by atoms with Gasteiger partial charge in [0.25, 0.3) is 0 Å². The summed E-state index contributed by atoms with van der Waals surface area (Å²) < 4.78 is 0. The molecule has 0 N–H and O–H groups in total. The maximum absolute atomic E-state index is 2.52. The van der Waals surface area contributed by atoms with E-state index in [1.807, 2.05) is 0 Å². The van der Waals surface area contributed by atoms with Gasteiger partial charge in [-0.1, -0.05) is 255 Å². The van der Waals surface area contributed by atoms with E-state index in [-0.39, 0.29) is 16.2 Å². The molecular weight excluding hydrogens is 973 g/mol. The summed E-state index contributed by atoms with van der Waals surface area (Å²) in [5.41, 5.74) is 30.1. The monoisotopic (exact) mass is 1030 g/mol. The molecular formula is C81H62. The third-order valence-corrected chi connectivity index (χ3v) is 19.6. The van der Waals surface area contributed by atoms with Crippen LogP contribution in [0.1, 0.15) is 87.4 Å². The molecule has 0 aliphatic heterocycles. The van der Waals surface area contributed by atoms with Gasteiger partial charge in [0.05, 0.1) is 0 Å². The van der Waals surface area contributed by atoms with Crippen LogP contribution in [0.5, 0.6) is 0 Å². The Hall–Kier alpha value is -9.10. The van der Waals surface area contributed by atoms with E-state index in [0.717, 1.165) is 6.42 Å². The van der Waals surface area contributed by atoms with Crippen LogP contribution in [0.15, 0.2) is 237 Å². The van der Waals surface area contributed by atoms with Gasteiger partial charge in [0.2, 0.25) is 0 Å². The third-order valence-electron chi connectivity index (χ3n) is 19.6. The fourth-order valence-electron chi connectivity index (χ4n) is 15.4. The van der Waals surface area contributed by atoms with Crippen molar-refractivity contribution in [3.8, 4) is 89.0 Å². The highest BCUT2D eigenvalue weighted by atomic mass is 14.4. The normalized spacial score (nSPS) is 14.7. The quantitative estimate of drug-likeness (QED) is 0.146. The fraction of sp³-hybridized carbons (Fsp3) is 0.136. The Balaban J connectivity index is 0.755. The molecule has 0 atom stereocenters. The molecule has 0 radical (unpaired) electrons. The molecule has 3 aliphatic carbocycles. The van der Waals surface area contributed by atoms with Gasteiger partial charge >= 0.3 is 0 Å².